The SMILES string of the molecule is O=C(NC1CCN(Cc2ccccc2)CC1)c1cc(N2CCCCC2)ncn1. The van der Waals surface area contributed by atoms with Crippen molar-refractivity contribution in [1.29, 1.82) is 0 Å². The highest BCUT2D eigenvalue weighted by Gasteiger charge is 2.22. The number of likely N-dealkylation sites (tertiary alicyclic amines) is 1. The molecule has 0 unspecified atom stereocenters. The summed E-state index contributed by atoms with van der Waals surface area (Å²) in [6, 6.07) is 12.6. The van der Waals surface area contributed by atoms with Crippen LogP contribution in [0.2, 0.25) is 0 Å². The van der Waals surface area contributed by atoms with E-state index < -0.39 is 0 Å². The predicted molar refractivity (Wildman–Crippen MR) is 110 cm³/mol. The minimum absolute atomic E-state index is 0.0813. The van der Waals surface area contributed by atoms with Gasteiger partial charge in [-0.05, 0) is 37.7 Å². The Morgan fingerprint density at radius 3 is 2.50 bits per heavy atom. The molecule has 6 heteroatoms. The summed E-state index contributed by atoms with van der Waals surface area (Å²) in [5.41, 5.74) is 1.82. The Balaban J connectivity index is 1.28. The highest BCUT2D eigenvalue weighted by molar-refractivity contribution is 5.93. The van der Waals surface area contributed by atoms with Crippen LogP contribution in [0.5, 0.6) is 0 Å². The average molecular weight is 380 g/mol. The van der Waals surface area contributed by atoms with Gasteiger partial charge in [0.15, 0.2) is 0 Å². The molecule has 2 aliphatic rings. The monoisotopic (exact) mass is 379 g/mol. The van der Waals surface area contributed by atoms with E-state index in [0.29, 0.717) is 5.69 Å². The molecule has 2 fully saturated rings. The summed E-state index contributed by atoms with van der Waals surface area (Å²) in [7, 11) is 0. The summed E-state index contributed by atoms with van der Waals surface area (Å²) >= 11 is 0. The number of rotatable bonds is 5. The molecule has 0 atom stereocenters. The van der Waals surface area contributed by atoms with E-state index in [1.807, 2.05) is 6.07 Å². The van der Waals surface area contributed by atoms with Gasteiger partial charge in [0.2, 0.25) is 0 Å². The Bertz CT molecular complexity index is 768. The first-order valence-electron chi connectivity index (χ1n) is 10.4. The molecule has 0 saturated carbocycles. The molecule has 1 aromatic carbocycles. The van der Waals surface area contributed by atoms with Crippen LogP contribution in [-0.4, -0.2) is 53.0 Å². The minimum Gasteiger partial charge on any atom is -0.357 e. The fourth-order valence-corrected chi connectivity index (χ4v) is 4.10. The summed E-state index contributed by atoms with van der Waals surface area (Å²) < 4.78 is 0. The van der Waals surface area contributed by atoms with Gasteiger partial charge in [0.1, 0.15) is 17.8 Å². The molecule has 0 radical (unpaired) electrons. The second kappa shape index (κ2) is 9.15. The van der Waals surface area contributed by atoms with E-state index in [1.54, 1.807) is 0 Å². The van der Waals surface area contributed by atoms with E-state index in [2.05, 4.69) is 55.4 Å². The maximum atomic E-state index is 12.7. The van der Waals surface area contributed by atoms with Gasteiger partial charge in [-0.1, -0.05) is 30.3 Å². The van der Waals surface area contributed by atoms with Gasteiger partial charge in [-0.25, -0.2) is 9.97 Å². The molecule has 148 valence electrons. The minimum atomic E-state index is -0.0813. The first-order valence-corrected chi connectivity index (χ1v) is 10.4. The lowest BCUT2D eigenvalue weighted by Crippen LogP contribution is -2.44. The molecule has 0 bridgehead atoms. The Morgan fingerprint density at radius 2 is 1.75 bits per heavy atom. The quantitative estimate of drug-likeness (QED) is 0.866. The van der Waals surface area contributed by atoms with Crippen LogP contribution in [0.15, 0.2) is 42.7 Å². The van der Waals surface area contributed by atoms with Crippen LogP contribution in [0.25, 0.3) is 0 Å². The highest BCUT2D eigenvalue weighted by atomic mass is 16.1. The summed E-state index contributed by atoms with van der Waals surface area (Å²) in [4.78, 5) is 26.0. The molecule has 2 aromatic rings. The smallest absolute Gasteiger partial charge is 0.270 e. The van der Waals surface area contributed by atoms with Crippen molar-refractivity contribution < 1.29 is 4.79 Å². The lowest BCUT2D eigenvalue weighted by atomic mass is 10.0. The third kappa shape index (κ3) is 4.87. The van der Waals surface area contributed by atoms with Crippen LogP contribution in [0.1, 0.15) is 48.2 Å². The fraction of sp³-hybridized carbons (Fsp3) is 0.500. The van der Waals surface area contributed by atoms with Crippen molar-refractivity contribution >= 4 is 11.7 Å². The summed E-state index contributed by atoms with van der Waals surface area (Å²) in [6.07, 6.45) is 7.12. The van der Waals surface area contributed by atoms with Crippen LogP contribution < -0.4 is 10.2 Å². The summed E-state index contributed by atoms with van der Waals surface area (Å²) in [5, 5.41) is 3.18. The highest BCUT2D eigenvalue weighted by Crippen LogP contribution is 2.18. The van der Waals surface area contributed by atoms with E-state index in [1.165, 1.54) is 31.2 Å². The Labute approximate surface area is 167 Å². The van der Waals surface area contributed by atoms with Crippen molar-refractivity contribution in [3.05, 3.63) is 54.0 Å². The summed E-state index contributed by atoms with van der Waals surface area (Å²) in [5.74, 6) is 0.791. The number of nitrogens with zero attached hydrogens (tertiary/aromatic N) is 4. The van der Waals surface area contributed by atoms with Crippen molar-refractivity contribution in [2.45, 2.75) is 44.7 Å². The van der Waals surface area contributed by atoms with Gasteiger partial charge in [-0.15, -0.1) is 0 Å². The van der Waals surface area contributed by atoms with Gasteiger partial charge < -0.3 is 10.2 Å². The second-order valence-electron chi connectivity index (χ2n) is 7.82. The zero-order valence-corrected chi connectivity index (χ0v) is 16.4. The summed E-state index contributed by atoms with van der Waals surface area (Å²) in [6.45, 7) is 5.01. The van der Waals surface area contributed by atoms with E-state index in [9.17, 15) is 4.79 Å². The van der Waals surface area contributed by atoms with Gasteiger partial charge >= 0.3 is 0 Å². The lowest BCUT2D eigenvalue weighted by molar-refractivity contribution is 0.0903. The van der Waals surface area contributed by atoms with Gasteiger partial charge in [-0.3, -0.25) is 9.69 Å². The zero-order chi connectivity index (χ0) is 19.2. The molecule has 6 nitrogen and oxygen atoms in total. The maximum Gasteiger partial charge on any atom is 0.270 e. The predicted octanol–water partition coefficient (Wildman–Crippen LogP) is 2.86. The van der Waals surface area contributed by atoms with Crippen molar-refractivity contribution in [1.82, 2.24) is 20.2 Å². The molecule has 0 aliphatic carbocycles. The van der Waals surface area contributed by atoms with Crippen molar-refractivity contribution in [2.75, 3.05) is 31.1 Å². The largest absolute Gasteiger partial charge is 0.357 e. The molecule has 28 heavy (non-hydrogen) atoms. The number of hydrogen-bond acceptors (Lipinski definition) is 5. The number of anilines is 1. The molecule has 3 heterocycles. The van der Waals surface area contributed by atoms with Gasteiger partial charge in [-0.2, -0.15) is 0 Å². The molecule has 0 spiro atoms. The average Bonchev–Trinajstić information content (AvgIpc) is 2.76. The molecule has 1 N–H and O–H groups in total. The number of benzene rings is 1. The Hall–Kier alpha value is -2.47. The van der Waals surface area contributed by atoms with E-state index in [0.717, 1.165) is 51.4 Å². The number of hydrogen-bond donors (Lipinski definition) is 1. The number of piperidine rings is 2. The van der Waals surface area contributed by atoms with Gasteiger partial charge in [0, 0.05) is 44.8 Å². The Kier molecular flexibility index (Phi) is 6.17. The third-order valence-corrected chi connectivity index (χ3v) is 5.74. The molecule has 2 saturated heterocycles. The van der Waals surface area contributed by atoms with Gasteiger partial charge in [0.05, 0.1) is 0 Å². The molecular weight excluding hydrogens is 350 g/mol. The van der Waals surface area contributed by atoms with Crippen molar-refractivity contribution in [3.8, 4) is 0 Å². The number of aromatic nitrogens is 2. The molecular formula is C22H29N5O. The van der Waals surface area contributed by atoms with Crippen LogP contribution in [0.4, 0.5) is 5.82 Å². The number of nitrogens with one attached hydrogen (secondary N) is 1. The van der Waals surface area contributed by atoms with E-state index in [-0.39, 0.29) is 11.9 Å². The maximum absolute atomic E-state index is 12.7. The third-order valence-electron chi connectivity index (χ3n) is 5.74. The van der Waals surface area contributed by atoms with E-state index in [4.69, 9.17) is 0 Å². The fourth-order valence-electron chi connectivity index (χ4n) is 4.10. The molecule has 4 rings (SSSR count). The van der Waals surface area contributed by atoms with Gasteiger partial charge in [0.25, 0.3) is 5.91 Å². The van der Waals surface area contributed by atoms with Crippen LogP contribution in [0.3, 0.4) is 0 Å². The number of amides is 1. The Morgan fingerprint density at radius 1 is 1.00 bits per heavy atom. The number of carbonyl (C=O) groups excluding carboxylic acids is 1. The van der Waals surface area contributed by atoms with E-state index >= 15 is 0 Å². The van der Waals surface area contributed by atoms with Crippen LogP contribution in [-0.2, 0) is 6.54 Å². The molecule has 2 aliphatic heterocycles. The normalized spacial score (nSPS) is 18.8. The van der Waals surface area contributed by atoms with Crippen LogP contribution in [0, 0.1) is 0 Å². The first-order chi connectivity index (χ1) is 13.8. The topological polar surface area (TPSA) is 61.4 Å². The lowest BCUT2D eigenvalue weighted by Gasteiger charge is -2.32. The molecule has 1 aromatic heterocycles. The number of carbonyl (C=O) groups is 1. The second-order valence-corrected chi connectivity index (χ2v) is 7.82. The molecule has 1 amide bonds. The zero-order valence-electron chi connectivity index (χ0n) is 16.4. The standard InChI is InChI=1S/C22H29N5O/c28-22(20-15-21(24-17-23-20)27-11-5-2-6-12-27)25-19-9-13-26(14-10-19)16-18-7-3-1-4-8-18/h1,3-4,7-8,15,17,19H,2,5-6,9-14,16H2,(H,25,28). The van der Waals surface area contributed by atoms with Crippen LogP contribution >= 0.6 is 0 Å². The first kappa shape index (κ1) is 18.9. The van der Waals surface area contributed by atoms with Crippen molar-refractivity contribution in [2.24, 2.45) is 0 Å². The van der Waals surface area contributed by atoms with Crippen molar-refractivity contribution in [3.63, 3.8) is 0 Å².